The molecule has 0 saturated carbocycles. The molecule has 0 aliphatic heterocycles. The highest BCUT2D eigenvalue weighted by molar-refractivity contribution is 9.11. The van der Waals surface area contributed by atoms with Gasteiger partial charge in [0.15, 0.2) is 6.10 Å². The van der Waals surface area contributed by atoms with Crippen LogP contribution in [0.15, 0.2) is 21.1 Å². The number of benzene rings is 1. The van der Waals surface area contributed by atoms with Crippen molar-refractivity contribution in [3.05, 3.63) is 26.6 Å². The van der Waals surface area contributed by atoms with Crippen molar-refractivity contribution >= 4 is 37.8 Å². The monoisotopic (exact) mass is 406 g/mol. The highest BCUT2D eigenvalue weighted by atomic mass is 79.9. The largest absolute Gasteiger partial charge is 0.479 e. The van der Waals surface area contributed by atoms with Crippen LogP contribution in [0.1, 0.15) is 26.3 Å². The molecule has 6 heteroatoms. The van der Waals surface area contributed by atoms with Crippen molar-refractivity contribution in [2.75, 3.05) is 13.1 Å². The van der Waals surface area contributed by atoms with Gasteiger partial charge >= 0.3 is 0 Å². The Morgan fingerprint density at radius 3 is 2.35 bits per heavy atom. The lowest BCUT2D eigenvalue weighted by Gasteiger charge is -2.17. The number of hydrogen-bond donors (Lipinski definition) is 2. The Labute approximate surface area is 136 Å². The van der Waals surface area contributed by atoms with Crippen molar-refractivity contribution in [3.8, 4) is 5.75 Å². The van der Waals surface area contributed by atoms with Crippen molar-refractivity contribution in [1.82, 2.24) is 10.6 Å². The third-order valence-corrected chi connectivity index (χ3v) is 3.83. The maximum atomic E-state index is 11.7. The van der Waals surface area contributed by atoms with Gasteiger partial charge < -0.3 is 15.4 Å². The SMILES string of the molecule is CCNCc1cc(Br)c(OC(C)C(=O)NCC)c(Br)c1. The summed E-state index contributed by atoms with van der Waals surface area (Å²) in [6, 6.07) is 3.99. The molecule has 0 fully saturated rings. The third-order valence-electron chi connectivity index (χ3n) is 2.65. The molecule has 1 aromatic rings. The number of amides is 1. The van der Waals surface area contributed by atoms with Crippen LogP contribution in [0.3, 0.4) is 0 Å². The third kappa shape index (κ3) is 5.07. The highest BCUT2D eigenvalue weighted by Gasteiger charge is 2.17. The van der Waals surface area contributed by atoms with Crippen molar-refractivity contribution in [2.45, 2.75) is 33.4 Å². The molecule has 4 nitrogen and oxygen atoms in total. The Bertz CT molecular complexity index is 443. The van der Waals surface area contributed by atoms with E-state index < -0.39 is 6.10 Å². The zero-order valence-corrected chi connectivity index (χ0v) is 15.1. The topological polar surface area (TPSA) is 50.4 Å². The second-order valence-corrected chi connectivity index (χ2v) is 6.03. The van der Waals surface area contributed by atoms with E-state index in [4.69, 9.17) is 4.74 Å². The number of carbonyl (C=O) groups is 1. The molecule has 1 amide bonds. The number of rotatable bonds is 7. The molecule has 1 unspecified atom stereocenters. The fourth-order valence-corrected chi connectivity index (χ4v) is 3.11. The fraction of sp³-hybridized carbons (Fsp3) is 0.500. The van der Waals surface area contributed by atoms with Crippen molar-refractivity contribution in [2.24, 2.45) is 0 Å². The van der Waals surface area contributed by atoms with Crippen LogP contribution in [0.4, 0.5) is 0 Å². The quantitative estimate of drug-likeness (QED) is 0.729. The molecule has 0 aromatic heterocycles. The molecule has 0 saturated heterocycles. The van der Waals surface area contributed by atoms with Gasteiger partial charge in [-0.25, -0.2) is 0 Å². The zero-order valence-electron chi connectivity index (χ0n) is 11.9. The van der Waals surface area contributed by atoms with E-state index in [9.17, 15) is 4.79 Å². The summed E-state index contributed by atoms with van der Waals surface area (Å²) in [5, 5.41) is 6.01. The minimum absolute atomic E-state index is 0.122. The van der Waals surface area contributed by atoms with Gasteiger partial charge in [0.25, 0.3) is 5.91 Å². The number of likely N-dealkylation sites (N-methyl/N-ethyl adjacent to an activating group) is 1. The zero-order chi connectivity index (χ0) is 15.1. The summed E-state index contributed by atoms with van der Waals surface area (Å²) in [4.78, 5) is 11.7. The Morgan fingerprint density at radius 1 is 1.25 bits per heavy atom. The summed E-state index contributed by atoms with van der Waals surface area (Å²) in [7, 11) is 0. The molecule has 0 aliphatic carbocycles. The van der Waals surface area contributed by atoms with Crippen LogP contribution < -0.4 is 15.4 Å². The van der Waals surface area contributed by atoms with Gasteiger partial charge in [0.1, 0.15) is 5.75 Å². The lowest BCUT2D eigenvalue weighted by atomic mass is 10.2. The molecule has 2 N–H and O–H groups in total. The summed E-state index contributed by atoms with van der Waals surface area (Å²) in [5.74, 6) is 0.520. The van der Waals surface area contributed by atoms with E-state index >= 15 is 0 Å². The average Bonchev–Trinajstić information content (AvgIpc) is 2.40. The molecule has 112 valence electrons. The Balaban J connectivity index is 2.83. The van der Waals surface area contributed by atoms with Gasteiger partial charge in [0.2, 0.25) is 0 Å². The average molecular weight is 408 g/mol. The van der Waals surface area contributed by atoms with Gasteiger partial charge in [-0.2, -0.15) is 0 Å². The first kappa shape index (κ1) is 17.5. The van der Waals surface area contributed by atoms with Gasteiger partial charge in [0, 0.05) is 13.1 Å². The van der Waals surface area contributed by atoms with Crippen LogP contribution in [-0.4, -0.2) is 25.1 Å². The minimum Gasteiger partial charge on any atom is -0.479 e. The van der Waals surface area contributed by atoms with E-state index in [2.05, 4.69) is 49.4 Å². The Hall–Kier alpha value is -0.590. The number of halogens is 2. The molecule has 0 radical (unpaired) electrons. The van der Waals surface area contributed by atoms with Crippen LogP contribution in [-0.2, 0) is 11.3 Å². The molecular formula is C14H20Br2N2O2. The number of carbonyl (C=O) groups excluding carboxylic acids is 1. The van der Waals surface area contributed by atoms with E-state index in [1.807, 2.05) is 19.1 Å². The van der Waals surface area contributed by atoms with Crippen LogP contribution in [0.25, 0.3) is 0 Å². The fourth-order valence-electron chi connectivity index (χ4n) is 1.64. The summed E-state index contributed by atoms with van der Waals surface area (Å²) in [6.07, 6.45) is -0.540. The smallest absolute Gasteiger partial charge is 0.260 e. The molecule has 0 spiro atoms. The second kappa shape index (κ2) is 8.64. The van der Waals surface area contributed by atoms with Gasteiger partial charge in [-0.1, -0.05) is 6.92 Å². The lowest BCUT2D eigenvalue weighted by Crippen LogP contribution is -2.36. The van der Waals surface area contributed by atoms with E-state index in [1.54, 1.807) is 6.92 Å². The van der Waals surface area contributed by atoms with E-state index in [-0.39, 0.29) is 5.91 Å². The molecule has 1 aromatic carbocycles. The van der Waals surface area contributed by atoms with Gasteiger partial charge in [-0.15, -0.1) is 0 Å². The minimum atomic E-state index is -0.540. The molecule has 0 bridgehead atoms. The molecule has 0 aliphatic rings. The molecular weight excluding hydrogens is 388 g/mol. The first-order valence-corrected chi connectivity index (χ1v) is 8.21. The molecule has 1 rings (SSSR count). The van der Waals surface area contributed by atoms with Crippen molar-refractivity contribution in [3.63, 3.8) is 0 Å². The molecule has 20 heavy (non-hydrogen) atoms. The lowest BCUT2D eigenvalue weighted by molar-refractivity contribution is -0.127. The second-order valence-electron chi connectivity index (χ2n) is 4.32. The van der Waals surface area contributed by atoms with Crippen molar-refractivity contribution in [1.29, 1.82) is 0 Å². The standard InChI is InChI=1S/C14H20Br2N2O2/c1-4-17-8-10-6-11(15)13(12(16)7-10)20-9(3)14(19)18-5-2/h6-7,9,17H,4-5,8H2,1-3H3,(H,18,19). The first-order chi connectivity index (χ1) is 9.49. The molecule has 0 heterocycles. The van der Waals surface area contributed by atoms with Crippen molar-refractivity contribution < 1.29 is 9.53 Å². The summed E-state index contributed by atoms with van der Waals surface area (Å²) in [6.45, 7) is 7.98. The summed E-state index contributed by atoms with van der Waals surface area (Å²) >= 11 is 6.98. The number of nitrogens with one attached hydrogen (secondary N) is 2. The highest BCUT2D eigenvalue weighted by Crippen LogP contribution is 2.35. The Morgan fingerprint density at radius 2 is 1.85 bits per heavy atom. The predicted octanol–water partition coefficient (Wildman–Crippen LogP) is 3.22. The summed E-state index contributed by atoms with van der Waals surface area (Å²) in [5.41, 5.74) is 1.14. The van der Waals surface area contributed by atoms with Gasteiger partial charge in [-0.05, 0) is 69.9 Å². The Kier molecular flexibility index (Phi) is 7.55. The number of hydrogen-bond acceptors (Lipinski definition) is 3. The van der Waals surface area contributed by atoms with E-state index in [0.29, 0.717) is 12.3 Å². The normalized spacial score (nSPS) is 12.1. The maximum absolute atomic E-state index is 11.7. The summed E-state index contributed by atoms with van der Waals surface area (Å²) < 4.78 is 7.38. The first-order valence-electron chi connectivity index (χ1n) is 6.62. The van der Waals surface area contributed by atoms with Crippen LogP contribution in [0.2, 0.25) is 0 Å². The predicted molar refractivity (Wildman–Crippen MR) is 88.0 cm³/mol. The van der Waals surface area contributed by atoms with Crippen LogP contribution in [0, 0.1) is 0 Å². The van der Waals surface area contributed by atoms with Crippen LogP contribution >= 0.6 is 31.9 Å². The van der Waals surface area contributed by atoms with Gasteiger partial charge in [-0.3, -0.25) is 4.79 Å². The number of ether oxygens (including phenoxy) is 1. The van der Waals surface area contributed by atoms with E-state index in [0.717, 1.165) is 27.6 Å². The van der Waals surface area contributed by atoms with Gasteiger partial charge in [0.05, 0.1) is 8.95 Å². The maximum Gasteiger partial charge on any atom is 0.260 e. The van der Waals surface area contributed by atoms with E-state index in [1.165, 1.54) is 0 Å². The van der Waals surface area contributed by atoms with Crippen LogP contribution in [0.5, 0.6) is 5.75 Å². The molecule has 1 atom stereocenters.